The Labute approximate surface area is 189 Å². The summed E-state index contributed by atoms with van der Waals surface area (Å²) in [7, 11) is 0. The van der Waals surface area contributed by atoms with Crippen LogP contribution in [0.4, 0.5) is 11.4 Å². The lowest BCUT2D eigenvalue weighted by molar-refractivity contribution is 0.483. The van der Waals surface area contributed by atoms with Crippen molar-refractivity contribution in [1.82, 2.24) is 15.2 Å². The van der Waals surface area contributed by atoms with Crippen molar-refractivity contribution in [2.75, 3.05) is 11.2 Å². The molecule has 0 saturated carbocycles. The van der Waals surface area contributed by atoms with Crippen molar-refractivity contribution >= 4 is 22.9 Å². The number of anilines is 2. The van der Waals surface area contributed by atoms with Gasteiger partial charge in [-0.25, -0.2) is 4.98 Å². The molecule has 0 aliphatic carbocycles. The van der Waals surface area contributed by atoms with Gasteiger partial charge in [-0.05, 0) is 48.5 Å². The molecule has 0 atom stereocenters. The van der Waals surface area contributed by atoms with E-state index < -0.39 is 5.84 Å². The van der Waals surface area contributed by atoms with E-state index >= 15 is 0 Å². The van der Waals surface area contributed by atoms with Gasteiger partial charge in [-0.15, -0.1) is 0 Å². The second-order valence-corrected chi connectivity index (χ2v) is 6.89. The van der Waals surface area contributed by atoms with Gasteiger partial charge in [0.15, 0.2) is 17.5 Å². The molecule has 0 aliphatic rings. The minimum atomic E-state index is -0.414. The lowest BCUT2D eigenvalue weighted by Gasteiger charge is -2.07. The lowest BCUT2D eigenvalue weighted by atomic mass is 10.2. The van der Waals surface area contributed by atoms with Gasteiger partial charge in [0.2, 0.25) is 5.71 Å². The van der Waals surface area contributed by atoms with Crippen LogP contribution in [0.25, 0.3) is 22.8 Å². The molecular formula is C23H19N9O. The van der Waals surface area contributed by atoms with Crippen LogP contribution < -0.4 is 21.6 Å². The largest absolute Gasteiger partial charge is 0.457 e. The molecule has 4 rings (SSSR count). The Morgan fingerprint density at radius 2 is 1.79 bits per heavy atom. The number of nitrogens with zero attached hydrogens (tertiary/aromatic N) is 4. The second kappa shape index (κ2) is 9.32. The fourth-order valence-electron chi connectivity index (χ4n) is 2.89. The zero-order valence-electron chi connectivity index (χ0n) is 17.3. The average molecular weight is 437 g/mol. The number of nitrogens with one attached hydrogen (secondary N) is 3. The zero-order chi connectivity index (χ0) is 23.2. The van der Waals surface area contributed by atoms with Gasteiger partial charge in [-0.1, -0.05) is 24.3 Å². The third-order valence-corrected chi connectivity index (χ3v) is 4.49. The van der Waals surface area contributed by atoms with Crippen LogP contribution in [0.5, 0.6) is 11.5 Å². The van der Waals surface area contributed by atoms with E-state index in [4.69, 9.17) is 26.9 Å². The van der Waals surface area contributed by atoms with Crippen molar-refractivity contribution < 1.29 is 4.74 Å². The molecule has 0 amide bonds. The predicted octanol–water partition coefficient (Wildman–Crippen LogP) is 3.74. The first-order valence-corrected chi connectivity index (χ1v) is 9.76. The van der Waals surface area contributed by atoms with Crippen molar-refractivity contribution in [3.63, 3.8) is 0 Å². The molecule has 1 aromatic heterocycles. The third kappa shape index (κ3) is 5.12. The Bertz CT molecular complexity index is 1370. The molecule has 7 N–H and O–H groups in total. The number of nitriles is 1. The minimum Gasteiger partial charge on any atom is -0.457 e. The zero-order valence-corrected chi connectivity index (χ0v) is 17.3. The van der Waals surface area contributed by atoms with Crippen LogP contribution in [0, 0.1) is 16.7 Å². The minimum absolute atomic E-state index is 0.207. The highest BCUT2D eigenvalue weighted by Crippen LogP contribution is 2.27. The molecular weight excluding hydrogens is 418 g/mol. The molecule has 0 spiro atoms. The highest BCUT2D eigenvalue weighted by molar-refractivity contribution is 6.45. The molecule has 10 nitrogen and oxygen atoms in total. The highest BCUT2D eigenvalue weighted by atomic mass is 16.5. The summed E-state index contributed by atoms with van der Waals surface area (Å²) in [6.45, 7) is 0. The molecule has 10 heteroatoms. The van der Waals surface area contributed by atoms with Gasteiger partial charge >= 0.3 is 0 Å². The van der Waals surface area contributed by atoms with E-state index in [9.17, 15) is 0 Å². The smallest absolute Gasteiger partial charge is 0.201 e. The van der Waals surface area contributed by atoms with Crippen LogP contribution in [0.15, 0.2) is 77.9 Å². The summed E-state index contributed by atoms with van der Waals surface area (Å²) in [6, 6.07) is 23.6. The Kier molecular flexibility index (Phi) is 5.95. The number of benzene rings is 3. The molecule has 0 saturated heterocycles. The molecule has 0 fully saturated rings. The van der Waals surface area contributed by atoms with Gasteiger partial charge in [0.1, 0.15) is 17.6 Å². The number of aromatic amines is 1. The van der Waals surface area contributed by atoms with Crippen LogP contribution in [0.3, 0.4) is 0 Å². The number of hydrogen-bond donors (Lipinski definition) is 5. The maximum Gasteiger partial charge on any atom is 0.201 e. The van der Waals surface area contributed by atoms with Crippen LogP contribution >= 0.6 is 0 Å². The summed E-state index contributed by atoms with van der Waals surface area (Å²) in [5.41, 5.74) is 16.3. The number of rotatable bonds is 7. The maximum atomic E-state index is 8.95. The van der Waals surface area contributed by atoms with Gasteiger partial charge in [-0.2, -0.15) is 15.5 Å². The predicted molar refractivity (Wildman–Crippen MR) is 127 cm³/mol. The molecule has 0 bridgehead atoms. The summed E-state index contributed by atoms with van der Waals surface area (Å²) in [6.07, 6.45) is 0. The number of ether oxygens (including phenoxy) is 1. The van der Waals surface area contributed by atoms with Gasteiger partial charge in [-0.3, -0.25) is 15.9 Å². The number of aromatic nitrogens is 3. The molecule has 4 aromatic rings. The van der Waals surface area contributed by atoms with Gasteiger partial charge in [0, 0.05) is 16.8 Å². The van der Waals surface area contributed by atoms with E-state index in [1.807, 2.05) is 30.3 Å². The summed E-state index contributed by atoms with van der Waals surface area (Å²) in [5, 5.41) is 27.3. The molecule has 1 heterocycles. The number of hydrazone groups is 1. The normalized spacial score (nSPS) is 10.9. The summed E-state index contributed by atoms with van der Waals surface area (Å²) >= 11 is 0. The van der Waals surface area contributed by atoms with Gasteiger partial charge < -0.3 is 16.2 Å². The van der Waals surface area contributed by atoms with Crippen LogP contribution in [-0.2, 0) is 0 Å². The molecule has 162 valence electrons. The van der Waals surface area contributed by atoms with E-state index in [2.05, 4.69) is 25.7 Å². The Balaban J connectivity index is 1.53. The number of nitrogen functional groups attached to an aromatic ring is 1. The molecule has 0 unspecified atom stereocenters. The monoisotopic (exact) mass is 437 g/mol. The van der Waals surface area contributed by atoms with Crippen LogP contribution in [0.2, 0.25) is 0 Å². The lowest BCUT2D eigenvalue weighted by Crippen LogP contribution is -2.21. The fraction of sp³-hybridized carbons (Fsp3) is 0. The number of hydrogen-bond acceptors (Lipinski definition) is 8. The first-order valence-electron chi connectivity index (χ1n) is 9.76. The Morgan fingerprint density at radius 3 is 2.55 bits per heavy atom. The maximum absolute atomic E-state index is 8.95. The van der Waals surface area contributed by atoms with E-state index in [-0.39, 0.29) is 5.71 Å². The number of nitrogens with two attached hydrogens (primary N) is 2. The molecule has 0 radical (unpaired) electrons. The topological polar surface area (TPSA) is 175 Å². The summed E-state index contributed by atoms with van der Waals surface area (Å²) < 4.78 is 5.89. The van der Waals surface area contributed by atoms with Crippen molar-refractivity contribution in [3.05, 3.63) is 72.8 Å². The van der Waals surface area contributed by atoms with E-state index in [0.717, 1.165) is 11.1 Å². The molecule has 33 heavy (non-hydrogen) atoms. The van der Waals surface area contributed by atoms with Gasteiger partial charge in [0.25, 0.3) is 0 Å². The van der Waals surface area contributed by atoms with Crippen molar-refractivity contribution in [3.8, 4) is 40.3 Å². The highest BCUT2D eigenvalue weighted by Gasteiger charge is 2.10. The quantitative estimate of drug-likeness (QED) is 0.127. The Morgan fingerprint density at radius 1 is 1.03 bits per heavy atom. The summed E-state index contributed by atoms with van der Waals surface area (Å²) in [5.74, 6) is 1.97. The van der Waals surface area contributed by atoms with Gasteiger partial charge in [0.05, 0.1) is 5.69 Å². The van der Waals surface area contributed by atoms with E-state index in [1.54, 1.807) is 48.5 Å². The van der Waals surface area contributed by atoms with Crippen molar-refractivity contribution in [1.29, 1.82) is 10.7 Å². The molecule has 3 aromatic carbocycles. The first-order chi connectivity index (χ1) is 16.0. The van der Waals surface area contributed by atoms with Crippen LogP contribution in [-0.4, -0.2) is 26.7 Å². The van der Waals surface area contributed by atoms with E-state index in [1.165, 1.54) is 0 Å². The second-order valence-electron chi connectivity index (χ2n) is 6.89. The number of amidine groups is 1. The fourth-order valence-corrected chi connectivity index (χ4v) is 2.89. The average Bonchev–Trinajstić information content (AvgIpc) is 3.32. The summed E-state index contributed by atoms with van der Waals surface area (Å²) in [4.78, 5) is 4.58. The SMILES string of the molecule is N#C/C(=N\Nc1cccc(-c2n[nH]c(-c3cccc(Oc4ccc(N)cc4)c3)n2)c1)C(=N)N. The van der Waals surface area contributed by atoms with E-state index in [0.29, 0.717) is 34.5 Å². The standard InChI is InChI=1S/C23H19N9O/c24-13-20(21(26)27)30-29-17-5-1-3-14(11-17)22-28-23(32-31-22)15-4-2-6-19(12-15)33-18-9-7-16(25)8-10-18/h1-12,29H,25H2,(H3,26,27)(H,28,31,32)/b30-20+. The number of H-pyrrole nitrogens is 1. The third-order valence-electron chi connectivity index (χ3n) is 4.49. The Hall–Kier alpha value is -5.17. The van der Waals surface area contributed by atoms with Crippen LogP contribution in [0.1, 0.15) is 0 Å². The molecule has 0 aliphatic heterocycles. The first kappa shape index (κ1) is 21.1. The van der Waals surface area contributed by atoms with Crippen molar-refractivity contribution in [2.45, 2.75) is 0 Å². The van der Waals surface area contributed by atoms with Crippen molar-refractivity contribution in [2.24, 2.45) is 10.8 Å².